The second-order valence-corrected chi connectivity index (χ2v) is 8.90. The van der Waals surface area contributed by atoms with Crippen molar-refractivity contribution in [3.8, 4) is 6.07 Å². The number of fused-ring (bicyclic) bond motifs is 1. The van der Waals surface area contributed by atoms with Crippen molar-refractivity contribution in [1.82, 2.24) is 5.32 Å². The Labute approximate surface area is 172 Å². The van der Waals surface area contributed by atoms with Gasteiger partial charge in [-0.3, -0.25) is 10.1 Å². The molecule has 2 aromatic heterocycles. The lowest BCUT2D eigenvalue weighted by Gasteiger charge is -2.17. The number of nitrogens with one attached hydrogen (secondary N) is 2. The molecule has 0 spiro atoms. The lowest BCUT2D eigenvalue weighted by atomic mass is 9.96. The first kappa shape index (κ1) is 18.9. The van der Waals surface area contributed by atoms with Gasteiger partial charge in [-0.2, -0.15) is 5.26 Å². The van der Waals surface area contributed by atoms with Gasteiger partial charge in [-0.15, -0.1) is 22.7 Å². The van der Waals surface area contributed by atoms with Gasteiger partial charge < -0.3 is 5.32 Å². The maximum Gasteiger partial charge on any atom is 0.238 e. The van der Waals surface area contributed by atoms with Gasteiger partial charge in [-0.05, 0) is 48.3 Å². The zero-order chi connectivity index (χ0) is 19.3. The van der Waals surface area contributed by atoms with Gasteiger partial charge in [0.25, 0.3) is 0 Å². The Morgan fingerprint density at radius 3 is 2.71 bits per heavy atom. The van der Waals surface area contributed by atoms with Crippen molar-refractivity contribution in [3.05, 3.63) is 74.3 Å². The summed E-state index contributed by atoms with van der Waals surface area (Å²) in [6, 6.07) is 16.5. The fourth-order valence-corrected chi connectivity index (χ4v) is 5.70. The number of aryl methyl sites for hydroxylation is 1. The minimum Gasteiger partial charge on any atom is -0.315 e. The molecule has 0 aliphatic heterocycles. The summed E-state index contributed by atoms with van der Waals surface area (Å²) >= 11 is 3.23. The fraction of sp³-hybridized carbons (Fsp3) is 0.273. The van der Waals surface area contributed by atoms with Crippen LogP contribution in [0.5, 0.6) is 0 Å². The van der Waals surface area contributed by atoms with Crippen LogP contribution in [0, 0.1) is 11.3 Å². The summed E-state index contributed by atoms with van der Waals surface area (Å²) in [7, 11) is 0. The van der Waals surface area contributed by atoms with Gasteiger partial charge in [-0.25, -0.2) is 0 Å². The van der Waals surface area contributed by atoms with E-state index < -0.39 is 0 Å². The van der Waals surface area contributed by atoms with Gasteiger partial charge >= 0.3 is 0 Å². The molecule has 1 aromatic carbocycles. The highest BCUT2D eigenvalue weighted by Gasteiger charge is 2.22. The maximum atomic E-state index is 12.6. The molecule has 6 heteroatoms. The van der Waals surface area contributed by atoms with E-state index in [2.05, 4.69) is 34.9 Å². The zero-order valence-electron chi connectivity index (χ0n) is 15.4. The Bertz CT molecular complexity index is 987. The molecule has 1 atom stereocenters. The lowest BCUT2D eigenvalue weighted by Crippen LogP contribution is -2.31. The molecule has 0 saturated carbocycles. The van der Waals surface area contributed by atoms with Gasteiger partial charge in [0, 0.05) is 9.75 Å². The zero-order valence-corrected chi connectivity index (χ0v) is 17.0. The molecule has 0 unspecified atom stereocenters. The first-order chi connectivity index (χ1) is 13.8. The number of hydrogen-bond donors (Lipinski definition) is 2. The smallest absolute Gasteiger partial charge is 0.238 e. The Kier molecular flexibility index (Phi) is 5.87. The molecular formula is C22H21N3OS2. The molecule has 2 heterocycles. The third-order valence-corrected chi connectivity index (χ3v) is 7.11. The van der Waals surface area contributed by atoms with Crippen molar-refractivity contribution < 1.29 is 4.79 Å². The number of benzene rings is 1. The molecule has 0 bridgehead atoms. The highest BCUT2D eigenvalue weighted by atomic mass is 32.1. The van der Waals surface area contributed by atoms with Crippen LogP contribution in [0.25, 0.3) is 0 Å². The number of amides is 1. The number of rotatable bonds is 6. The van der Waals surface area contributed by atoms with Gasteiger partial charge in [-0.1, -0.05) is 36.4 Å². The molecular weight excluding hydrogens is 386 g/mol. The molecule has 0 saturated heterocycles. The van der Waals surface area contributed by atoms with Crippen LogP contribution in [0.2, 0.25) is 0 Å². The van der Waals surface area contributed by atoms with E-state index in [4.69, 9.17) is 0 Å². The van der Waals surface area contributed by atoms with Crippen LogP contribution >= 0.6 is 22.7 Å². The van der Waals surface area contributed by atoms with E-state index >= 15 is 0 Å². The Balaban J connectivity index is 1.46. The summed E-state index contributed by atoms with van der Waals surface area (Å²) in [4.78, 5) is 15.1. The maximum absolute atomic E-state index is 12.6. The van der Waals surface area contributed by atoms with Gasteiger partial charge in [0.1, 0.15) is 11.1 Å². The van der Waals surface area contributed by atoms with Gasteiger partial charge in [0.15, 0.2) is 0 Å². The quantitative estimate of drug-likeness (QED) is 0.612. The van der Waals surface area contributed by atoms with Crippen molar-refractivity contribution in [2.45, 2.75) is 31.7 Å². The van der Waals surface area contributed by atoms with Gasteiger partial charge in [0.2, 0.25) is 5.91 Å². The van der Waals surface area contributed by atoms with Crippen LogP contribution in [0.3, 0.4) is 0 Å². The number of nitrogens with zero attached hydrogens (tertiary/aromatic N) is 1. The third-order valence-electron chi connectivity index (χ3n) is 4.96. The minimum absolute atomic E-state index is 0.0288. The molecule has 142 valence electrons. The minimum atomic E-state index is -0.118. The molecule has 4 rings (SSSR count). The van der Waals surface area contributed by atoms with Crippen LogP contribution in [-0.2, 0) is 17.6 Å². The second kappa shape index (κ2) is 8.70. The first-order valence-electron chi connectivity index (χ1n) is 9.42. The summed E-state index contributed by atoms with van der Waals surface area (Å²) in [5, 5.41) is 18.7. The predicted octanol–water partition coefficient (Wildman–Crippen LogP) is 4.88. The van der Waals surface area contributed by atoms with E-state index in [1.54, 1.807) is 22.7 Å². The summed E-state index contributed by atoms with van der Waals surface area (Å²) in [6.07, 6.45) is 4.23. The molecule has 28 heavy (non-hydrogen) atoms. The molecule has 3 aromatic rings. The highest BCUT2D eigenvalue weighted by Crippen LogP contribution is 2.37. The van der Waals surface area contributed by atoms with E-state index in [-0.39, 0.29) is 18.5 Å². The molecule has 1 amide bonds. The molecule has 0 radical (unpaired) electrons. The van der Waals surface area contributed by atoms with Crippen molar-refractivity contribution in [2.24, 2.45) is 0 Å². The summed E-state index contributed by atoms with van der Waals surface area (Å²) in [6.45, 7) is 0.185. The van der Waals surface area contributed by atoms with Crippen LogP contribution in [0.1, 0.15) is 45.3 Å². The van der Waals surface area contributed by atoms with Crippen molar-refractivity contribution in [3.63, 3.8) is 0 Å². The highest BCUT2D eigenvalue weighted by molar-refractivity contribution is 7.16. The first-order valence-corrected chi connectivity index (χ1v) is 11.1. The van der Waals surface area contributed by atoms with Crippen LogP contribution in [0.4, 0.5) is 5.00 Å². The standard InChI is InChI=1S/C22H21N3OS2/c23-13-17-16-9-4-5-10-18(16)28-22(17)25-20(26)14-24-21(19-11-6-12-27-19)15-7-2-1-3-8-15/h1-3,6-8,11-12,21,24H,4-5,9-10,14H2,(H,25,26)/t21-/m0/s1. The number of carbonyl (C=O) groups excluding carboxylic acids is 1. The third kappa shape index (κ3) is 4.02. The van der Waals surface area contributed by atoms with E-state index in [0.717, 1.165) is 36.8 Å². The summed E-state index contributed by atoms with van der Waals surface area (Å²) < 4.78 is 0. The number of nitriles is 1. The molecule has 2 N–H and O–H groups in total. The molecule has 4 nitrogen and oxygen atoms in total. The number of thiophene rings is 2. The topological polar surface area (TPSA) is 64.9 Å². The average molecular weight is 408 g/mol. The Morgan fingerprint density at radius 1 is 1.14 bits per heavy atom. The van der Waals surface area contributed by atoms with Crippen LogP contribution in [-0.4, -0.2) is 12.5 Å². The predicted molar refractivity (Wildman–Crippen MR) is 115 cm³/mol. The second-order valence-electron chi connectivity index (χ2n) is 6.82. The van der Waals surface area contributed by atoms with E-state index in [1.165, 1.54) is 9.75 Å². The Hall–Kier alpha value is -2.46. The van der Waals surface area contributed by atoms with E-state index in [0.29, 0.717) is 10.6 Å². The largest absolute Gasteiger partial charge is 0.315 e. The number of carbonyl (C=O) groups is 1. The monoisotopic (exact) mass is 407 g/mol. The van der Waals surface area contributed by atoms with Crippen molar-refractivity contribution in [2.75, 3.05) is 11.9 Å². The summed E-state index contributed by atoms with van der Waals surface area (Å²) in [5.41, 5.74) is 2.93. The Morgan fingerprint density at radius 2 is 1.96 bits per heavy atom. The van der Waals surface area contributed by atoms with Crippen LogP contribution < -0.4 is 10.6 Å². The molecule has 0 fully saturated rings. The van der Waals surface area contributed by atoms with Crippen molar-refractivity contribution >= 4 is 33.6 Å². The van der Waals surface area contributed by atoms with Crippen molar-refractivity contribution in [1.29, 1.82) is 5.26 Å². The lowest BCUT2D eigenvalue weighted by molar-refractivity contribution is -0.115. The number of anilines is 1. The van der Waals surface area contributed by atoms with E-state index in [9.17, 15) is 10.1 Å². The average Bonchev–Trinajstić information content (AvgIpc) is 3.36. The van der Waals surface area contributed by atoms with Crippen LogP contribution in [0.15, 0.2) is 47.8 Å². The normalized spacial score (nSPS) is 14.1. The van der Waals surface area contributed by atoms with Gasteiger partial charge in [0.05, 0.1) is 18.2 Å². The van der Waals surface area contributed by atoms with E-state index in [1.807, 2.05) is 29.6 Å². The molecule has 1 aliphatic carbocycles. The SMILES string of the molecule is N#Cc1c(NC(=O)CN[C@@H](c2ccccc2)c2cccs2)sc2c1CCCC2. The summed E-state index contributed by atoms with van der Waals surface area (Å²) in [5.74, 6) is -0.118. The molecule has 1 aliphatic rings. The number of hydrogen-bond acceptors (Lipinski definition) is 5. The fourth-order valence-electron chi connectivity index (χ4n) is 3.62.